The molecule has 2 rings (SSSR count). The molecule has 0 unspecified atom stereocenters. The molecule has 0 radical (unpaired) electrons. The number of rotatable bonds is 4. The molecule has 0 atom stereocenters. The number of anilines is 1. The molecule has 0 bridgehead atoms. The molecule has 4 nitrogen and oxygen atoms in total. The average molecular weight is 312 g/mol. The molecule has 2 aromatic carbocycles. The molecule has 0 spiro atoms. The number of nitrogens with one attached hydrogen (secondary N) is 2. The summed E-state index contributed by atoms with van der Waals surface area (Å²) in [4.78, 5) is 12.0. The summed E-state index contributed by atoms with van der Waals surface area (Å²) in [6, 6.07) is 15.3. The maximum atomic E-state index is 12.0. The summed E-state index contributed by atoms with van der Waals surface area (Å²) in [5.74, 6) is 0.759. The molecule has 0 aliphatic rings. The van der Waals surface area contributed by atoms with Gasteiger partial charge >= 0.3 is 6.03 Å². The van der Waals surface area contributed by atoms with E-state index in [1.807, 2.05) is 24.3 Å². The molecule has 2 aromatic rings. The highest BCUT2D eigenvalue weighted by Gasteiger charge is 2.13. The Bertz CT molecular complexity index is 658. The molecule has 0 heterocycles. The topological polar surface area (TPSA) is 50.4 Å². The number of urea groups is 1. The van der Waals surface area contributed by atoms with E-state index >= 15 is 0 Å². The largest absolute Gasteiger partial charge is 0.497 e. The van der Waals surface area contributed by atoms with Gasteiger partial charge in [0.25, 0.3) is 0 Å². The van der Waals surface area contributed by atoms with E-state index in [9.17, 15) is 4.79 Å². The zero-order valence-corrected chi connectivity index (χ0v) is 14.1. The number of benzene rings is 2. The van der Waals surface area contributed by atoms with Gasteiger partial charge in [-0.3, -0.25) is 0 Å². The van der Waals surface area contributed by atoms with Crippen molar-refractivity contribution in [2.24, 2.45) is 0 Å². The zero-order chi connectivity index (χ0) is 16.9. The van der Waals surface area contributed by atoms with Gasteiger partial charge in [-0.25, -0.2) is 4.79 Å². The average Bonchev–Trinajstić information content (AvgIpc) is 2.53. The van der Waals surface area contributed by atoms with Crippen LogP contribution in [0.15, 0.2) is 48.5 Å². The second kappa shape index (κ2) is 7.18. The van der Waals surface area contributed by atoms with Crippen LogP contribution in [0.2, 0.25) is 0 Å². The van der Waals surface area contributed by atoms with Crippen LogP contribution < -0.4 is 15.4 Å². The molecule has 0 aliphatic carbocycles. The van der Waals surface area contributed by atoms with E-state index < -0.39 is 0 Å². The first kappa shape index (κ1) is 16.9. The number of ether oxygens (including phenoxy) is 1. The van der Waals surface area contributed by atoms with E-state index in [2.05, 4.69) is 43.5 Å². The van der Waals surface area contributed by atoms with Crippen molar-refractivity contribution >= 4 is 11.7 Å². The van der Waals surface area contributed by atoms with Gasteiger partial charge in [-0.05, 0) is 40.8 Å². The van der Waals surface area contributed by atoms with Crippen LogP contribution in [0.4, 0.5) is 10.5 Å². The molecular formula is C19H24N2O2. The molecular weight excluding hydrogens is 288 g/mol. The molecule has 0 aliphatic heterocycles. The van der Waals surface area contributed by atoms with Gasteiger partial charge in [0.2, 0.25) is 0 Å². The lowest BCUT2D eigenvalue weighted by Crippen LogP contribution is -2.28. The lowest BCUT2D eigenvalue weighted by atomic mass is 9.86. The van der Waals surface area contributed by atoms with Crippen molar-refractivity contribution in [2.45, 2.75) is 32.7 Å². The SMILES string of the molecule is COc1ccc(NC(=O)NCc2cccc(C(C)(C)C)c2)cc1. The lowest BCUT2D eigenvalue weighted by Gasteiger charge is -2.19. The van der Waals surface area contributed by atoms with Crippen molar-refractivity contribution in [3.63, 3.8) is 0 Å². The van der Waals surface area contributed by atoms with Crippen molar-refractivity contribution in [3.8, 4) is 5.75 Å². The fourth-order valence-electron chi connectivity index (χ4n) is 2.18. The Kier molecular flexibility index (Phi) is 5.27. The summed E-state index contributed by atoms with van der Waals surface area (Å²) in [7, 11) is 1.61. The summed E-state index contributed by atoms with van der Waals surface area (Å²) in [5, 5.41) is 5.68. The van der Waals surface area contributed by atoms with Crippen LogP contribution in [0, 0.1) is 0 Å². The minimum absolute atomic E-state index is 0.0986. The predicted molar refractivity (Wildman–Crippen MR) is 94.0 cm³/mol. The Balaban J connectivity index is 1.91. The van der Waals surface area contributed by atoms with E-state index in [0.717, 1.165) is 17.0 Å². The number of carbonyl (C=O) groups excluding carboxylic acids is 1. The fraction of sp³-hybridized carbons (Fsp3) is 0.316. The second-order valence-corrected chi connectivity index (χ2v) is 6.49. The van der Waals surface area contributed by atoms with Gasteiger partial charge < -0.3 is 15.4 Å². The maximum Gasteiger partial charge on any atom is 0.319 e. The van der Waals surface area contributed by atoms with Crippen LogP contribution in [-0.2, 0) is 12.0 Å². The molecule has 0 fully saturated rings. The first-order chi connectivity index (χ1) is 10.9. The Morgan fingerprint density at radius 2 is 1.78 bits per heavy atom. The Morgan fingerprint density at radius 3 is 2.39 bits per heavy atom. The summed E-state index contributed by atoms with van der Waals surface area (Å²) >= 11 is 0. The van der Waals surface area contributed by atoms with Gasteiger partial charge in [0.1, 0.15) is 5.75 Å². The fourth-order valence-corrected chi connectivity index (χ4v) is 2.18. The van der Waals surface area contributed by atoms with Crippen LogP contribution in [0.3, 0.4) is 0 Å². The van der Waals surface area contributed by atoms with Crippen molar-refractivity contribution in [2.75, 3.05) is 12.4 Å². The minimum Gasteiger partial charge on any atom is -0.497 e. The normalized spacial score (nSPS) is 11.0. The highest BCUT2D eigenvalue weighted by atomic mass is 16.5. The Labute approximate surface area is 137 Å². The molecule has 122 valence electrons. The van der Waals surface area contributed by atoms with Crippen LogP contribution in [0.1, 0.15) is 31.9 Å². The summed E-state index contributed by atoms with van der Waals surface area (Å²) in [6.45, 7) is 7.02. The van der Waals surface area contributed by atoms with Crippen molar-refractivity contribution in [1.29, 1.82) is 0 Å². The first-order valence-electron chi connectivity index (χ1n) is 7.67. The first-order valence-corrected chi connectivity index (χ1v) is 7.67. The maximum absolute atomic E-state index is 12.0. The number of amides is 2. The molecule has 4 heteroatoms. The number of hydrogen-bond donors (Lipinski definition) is 2. The number of methoxy groups -OCH3 is 1. The second-order valence-electron chi connectivity index (χ2n) is 6.49. The number of carbonyl (C=O) groups is 1. The van der Waals surface area contributed by atoms with Gasteiger partial charge in [-0.1, -0.05) is 45.0 Å². The summed E-state index contributed by atoms with van der Waals surface area (Å²) < 4.78 is 5.09. The Hall–Kier alpha value is -2.49. The van der Waals surface area contributed by atoms with E-state index in [1.54, 1.807) is 19.2 Å². The van der Waals surface area contributed by atoms with E-state index in [4.69, 9.17) is 4.74 Å². The third-order valence-corrected chi connectivity index (χ3v) is 3.59. The van der Waals surface area contributed by atoms with Gasteiger partial charge in [-0.15, -0.1) is 0 Å². The van der Waals surface area contributed by atoms with Crippen LogP contribution >= 0.6 is 0 Å². The van der Waals surface area contributed by atoms with Crippen molar-refractivity contribution in [3.05, 3.63) is 59.7 Å². The van der Waals surface area contributed by atoms with Crippen molar-refractivity contribution in [1.82, 2.24) is 5.32 Å². The summed E-state index contributed by atoms with van der Waals surface area (Å²) in [5.41, 5.74) is 3.17. The van der Waals surface area contributed by atoms with E-state index in [0.29, 0.717) is 6.54 Å². The number of hydrogen-bond acceptors (Lipinski definition) is 2. The van der Waals surface area contributed by atoms with E-state index in [-0.39, 0.29) is 11.4 Å². The molecule has 23 heavy (non-hydrogen) atoms. The van der Waals surface area contributed by atoms with Gasteiger partial charge in [0, 0.05) is 12.2 Å². The summed E-state index contributed by atoms with van der Waals surface area (Å²) in [6.07, 6.45) is 0. The third-order valence-electron chi connectivity index (χ3n) is 3.59. The molecule has 2 N–H and O–H groups in total. The highest BCUT2D eigenvalue weighted by molar-refractivity contribution is 5.89. The zero-order valence-electron chi connectivity index (χ0n) is 14.1. The van der Waals surface area contributed by atoms with Gasteiger partial charge in [0.15, 0.2) is 0 Å². The lowest BCUT2D eigenvalue weighted by molar-refractivity contribution is 0.251. The predicted octanol–water partition coefficient (Wildman–Crippen LogP) is 4.31. The minimum atomic E-state index is -0.226. The Morgan fingerprint density at radius 1 is 1.09 bits per heavy atom. The van der Waals surface area contributed by atoms with Crippen LogP contribution in [0.5, 0.6) is 5.75 Å². The van der Waals surface area contributed by atoms with Crippen molar-refractivity contribution < 1.29 is 9.53 Å². The quantitative estimate of drug-likeness (QED) is 0.883. The monoisotopic (exact) mass is 312 g/mol. The molecule has 2 amide bonds. The molecule has 0 saturated carbocycles. The van der Waals surface area contributed by atoms with Crippen LogP contribution in [-0.4, -0.2) is 13.1 Å². The van der Waals surface area contributed by atoms with Gasteiger partial charge in [-0.2, -0.15) is 0 Å². The third kappa shape index (κ3) is 5.02. The highest BCUT2D eigenvalue weighted by Crippen LogP contribution is 2.22. The van der Waals surface area contributed by atoms with Gasteiger partial charge in [0.05, 0.1) is 7.11 Å². The standard InChI is InChI=1S/C19H24N2O2/c1-19(2,3)15-7-5-6-14(12-15)13-20-18(22)21-16-8-10-17(23-4)11-9-16/h5-12H,13H2,1-4H3,(H2,20,21,22). The smallest absolute Gasteiger partial charge is 0.319 e. The molecule has 0 aromatic heterocycles. The van der Waals surface area contributed by atoms with Crippen LogP contribution in [0.25, 0.3) is 0 Å². The van der Waals surface area contributed by atoms with E-state index in [1.165, 1.54) is 5.56 Å². The molecule has 0 saturated heterocycles.